The summed E-state index contributed by atoms with van der Waals surface area (Å²) in [5.74, 6) is 0.481. The molecule has 2 unspecified atom stereocenters. The first-order chi connectivity index (χ1) is 15.9. The fourth-order valence-corrected chi connectivity index (χ4v) is 4.91. The normalized spacial score (nSPS) is 20.1. The first-order valence-corrected chi connectivity index (χ1v) is 11.7. The highest BCUT2D eigenvalue weighted by molar-refractivity contribution is 6.04. The number of urea groups is 1. The number of benzene rings is 2. The molecule has 1 saturated heterocycles. The molecule has 0 spiro atoms. The van der Waals surface area contributed by atoms with Gasteiger partial charge in [0.2, 0.25) is 5.91 Å². The van der Waals surface area contributed by atoms with E-state index >= 15 is 0 Å². The lowest BCUT2D eigenvalue weighted by molar-refractivity contribution is -0.115. The lowest BCUT2D eigenvalue weighted by atomic mass is 9.91. The Morgan fingerprint density at radius 2 is 1.58 bits per heavy atom. The average molecular weight is 449 g/mol. The van der Waals surface area contributed by atoms with Gasteiger partial charge in [-0.25, -0.2) is 4.79 Å². The number of hydrogen-bond acceptors (Lipinski definition) is 3. The van der Waals surface area contributed by atoms with Gasteiger partial charge in [0.1, 0.15) is 0 Å². The van der Waals surface area contributed by atoms with Gasteiger partial charge in [-0.1, -0.05) is 50.2 Å². The Balaban J connectivity index is 1.34. The molecule has 4 rings (SSSR count). The molecule has 4 amide bonds. The minimum absolute atomic E-state index is 0.0692. The number of anilines is 1. The quantitative estimate of drug-likeness (QED) is 0.751. The van der Waals surface area contributed by atoms with Crippen LogP contribution in [0.15, 0.2) is 48.5 Å². The fraction of sp³-hybridized carbons (Fsp3) is 0.423. The molecule has 174 valence electrons. The van der Waals surface area contributed by atoms with Crippen LogP contribution < -0.4 is 10.6 Å². The maximum absolute atomic E-state index is 13.2. The highest BCUT2D eigenvalue weighted by atomic mass is 16.2. The number of nitrogens with zero attached hydrogens (tertiary/aromatic N) is 2. The Labute approximate surface area is 195 Å². The van der Waals surface area contributed by atoms with Gasteiger partial charge in [0, 0.05) is 26.2 Å². The molecule has 33 heavy (non-hydrogen) atoms. The van der Waals surface area contributed by atoms with Crippen LogP contribution in [0.1, 0.15) is 41.8 Å². The zero-order valence-corrected chi connectivity index (χ0v) is 19.3. The van der Waals surface area contributed by atoms with Crippen LogP contribution in [0, 0.1) is 11.8 Å². The molecule has 1 fully saturated rings. The van der Waals surface area contributed by atoms with Gasteiger partial charge < -0.3 is 20.4 Å². The van der Waals surface area contributed by atoms with E-state index in [-0.39, 0.29) is 24.4 Å². The van der Waals surface area contributed by atoms with Crippen molar-refractivity contribution >= 4 is 23.5 Å². The molecule has 2 heterocycles. The lowest BCUT2D eigenvalue weighted by Gasteiger charge is -2.35. The summed E-state index contributed by atoms with van der Waals surface area (Å²) in [4.78, 5) is 41.9. The Hall–Kier alpha value is -3.35. The van der Waals surface area contributed by atoms with E-state index in [1.807, 2.05) is 23.1 Å². The summed E-state index contributed by atoms with van der Waals surface area (Å²) in [5.41, 5.74) is 3.35. The van der Waals surface area contributed by atoms with Crippen LogP contribution in [0.4, 0.5) is 10.5 Å². The number of rotatable bonds is 4. The number of para-hydroxylation sites is 1. The van der Waals surface area contributed by atoms with Crippen molar-refractivity contribution < 1.29 is 14.4 Å². The van der Waals surface area contributed by atoms with Gasteiger partial charge in [0.25, 0.3) is 5.91 Å². The third-order valence-corrected chi connectivity index (χ3v) is 6.41. The van der Waals surface area contributed by atoms with Crippen molar-refractivity contribution in [1.29, 1.82) is 0 Å². The largest absolute Gasteiger partial charge is 0.338 e. The standard InChI is InChI=1S/C26H32N4O3/c1-18-13-19(2)16-30(15-18)25(32)22-9-5-6-10-23(22)28-24(31)14-27-26(33)29-12-11-20-7-3-4-8-21(20)17-29/h3-10,18-19H,11-17H2,1-2H3,(H,27,33)(H,28,31). The number of amides is 4. The summed E-state index contributed by atoms with van der Waals surface area (Å²) in [6, 6.07) is 14.9. The summed E-state index contributed by atoms with van der Waals surface area (Å²) in [5, 5.41) is 5.51. The van der Waals surface area contributed by atoms with Gasteiger partial charge in [-0.05, 0) is 47.9 Å². The van der Waals surface area contributed by atoms with E-state index in [1.165, 1.54) is 5.56 Å². The van der Waals surface area contributed by atoms with Crippen molar-refractivity contribution in [2.75, 3.05) is 31.5 Å². The van der Waals surface area contributed by atoms with E-state index < -0.39 is 0 Å². The van der Waals surface area contributed by atoms with E-state index in [4.69, 9.17) is 0 Å². The molecule has 0 aromatic heterocycles. The highest BCUT2D eigenvalue weighted by Gasteiger charge is 2.27. The second kappa shape index (κ2) is 10.1. The van der Waals surface area contributed by atoms with Crippen LogP contribution in [0.5, 0.6) is 0 Å². The summed E-state index contributed by atoms with van der Waals surface area (Å²) in [7, 11) is 0. The van der Waals surface area contributed by atoms with Crippen LogP contribution in [0.2, 0.25) is 0 Å². The van der Waals surface area contributed by atoms with E-state index in [2.05, 4.69) is 30.5 Å². The van der Waals surface area contributed by atoms with Crippen molar-refractivity contribution in [1.82, 2.24) is 15.1 Å². The number of piperidine rings is 1. The summed E-state index contributed by atoms with van der Waals surface area (Å²) in [6.07, 6.45) is 1.92. The van der Waals surface area contributed by atoms with Gasteiger partial charge in [0.05, 0.1) is 17.8 Å². The van der Waals surface area contributed by atoms with Gasteiger partial charge in [-0.3, -0.25) is 9.59 Å². The number of carbonyl (C=O) groups excluding carboxylic acids is 3. The van der Waals surface area contributed by atoms with Crippen molar-refractivity contribution in [3.63, 3.8) is 0 Å². The van der Waals surface area contributed by atoms with E-state index in [0.29, 0.717) is 36.2 Å². The second-order valence-corrected chi connectivity index (χ2v) is 9.35. The summed E-state index contributed by atoms with van der Waals surface area (Å²) in [6.45, 7) is 6.76. The van der Waals surface area contributed by atoms with E-state index in [0.717, 1.165) is 31.5 Å². The van der Waals surface area contributed by atoms with Crippen LogP contribution >= 0.6 is 0 Å². The van der Waals surface area contributed by atoms with Gasteiger partial charge >= 0.3 is 6.03 Å². The molecule has 2 aromatic rings. The van der Waals surface area contributed by atoms with Gasteiger partial charge in [0.15, 0.2) is 0 Å². The monoisotopic (exact) mass is 448 g/mol. The SMILES string of the molecule is CC1CC(C)CN(C(=O)c2ccccc2NC(=O)CNC(=O)N2CCc3ccccc3C2)C1. The number of nitrogens with one attached hydrogen (secondary N) is 2. The molecule has 7 heteroatoms. The number of hydrogen-bond donors (Lipinski definition) is 2. The van der Waals surface area contributed by atoms with Crippen molar-refractivity contribution in [3.8, 4) is 0 Å². The van der Waals surface area contributed by atoms with E-state index in [9.17, 15) is 14.4 Å². The van der Waals surface area contributed by atoms with Gasteiger partial charge in [-0.2, -0.15) is 0 Å². The molecular formula is C26H32N4O3. The highest BCUT2D eigenvalue weighted by Crippen LogP contribution is 2.25. The molecule has 2 aliphatic rings. The second-order valence-electron chi connectivity index (χ2n) is 9.35. The molecule has 2 aliphatic heterocycles. The third-order valence-electron chi connectivity index (χ3n) is 6.41. The van der Waals surface area contributed by atoms with Crippen molar-refractivity contribution in [2.45, 2.75) is 33.2 Å². The molecule has 2 N–H and O–H groups in total. The van der Waals surface area contributed by atoms with Crippen LogP contribution in [-0.2, 0) is 17.8 Å². The first-order valence-electron chi connectivity index (χ1n) is 11.7. The van der Waals surface area contributed by atoms with Crippen molar-refractivity contribution in [2.24, 2.45) is 11.8 Å². The number of carbonyl (C=O) groups is 3. The molecule has 2 aromatic carbocycles. The van der Waals surface area contributed by atoms with Crippen molar-refractivity contribution in [3.05, 3.63) is 65.2 Å². The Bertz CT molecular complexity index is 1030. The van der Waals surface area contributed by atoms with Gasteiger partial charge in [-0.15, -0.1) is 0 Å². The lowest BCUT2D eigenvalue weighted by Crippen LogP contribution is -2.45. The molecule has 0 radical (unpaired) electrons. The zero-order valence-electron chi connectivity index (χ0n) is 19.3. The molecule has 7 nitrogen and oxygen atoms in total. The molecular weight excluding hydrogens is 416 g/mol. The Kier molecular flexibility index (Phi) is 6.96. The van der Waals surface area contributed by atoms with Crippen LogP contribution in [0.3, 0.4) is 0 Å². The predicted octanol–water partition coefficient (Wildman–Crippen LogP) is 3.51. The zero-order chi connectivity index (χ0) is 23.4. The maximum Gasteiger partial charge on any atom is 0.318 e. The molecule has 0 aliphatic carbocycles. The molecule has 0 bridgehead atoms. The molecule has 2 atom stereocenters. The minimum atomic E-state index is -0.360. The average Bonchev–Trinajstić information content (AvgIpc) is 2.81. The summed E-state index contributed by atoms with van der Waals surface area (Å²) < 4.78 is 0. The number of fused-ring (bicyclic) bond motifs is 1. The van der Waals surface area contributed by atoms with E-state index in [1.54, 1.807) is 29.2 Å². The third kappa shape index (κ3) is 5.53. The Morgan fingerprint density at radius 1 is 0.909 bits per heavy atom. The minimum Gasteiger partial charge on any atom is -0.338 e. The predicted molar refractivity (Wildman–Crippen MR) is 128 cm³/mol. The molecule has 0 saturated carbocycles. The fourth-order valence-electron chi connectivity index (χ4n) is 4.91. The van der Waals surface area contributed by atoms with Crippen LogP contribution in [0.25, 0.3) is 0 Å². The first kappa shape index (κ1) is 22.8. The smallest absolute Gasteiger partial charge is 0.318 e. The number of likely N-dealkylation sites (tertiary alicyclic amines) is 1. The topological polar surface area (TPSA) is 81.8 Å². The maximum atomic E-state index is 13.2. The summed E-state index contributed by atoms with van der Waals surface area (Å²) >= 11 is 0. The Morgan fingerprint density at radius 3 is 2.33 bits per heavy atom. The van der Waals surface area contributed by atoms with Crippen LogP contribution in [-0.4, -0.2) is 53.8 Å².